The molecule has 4 nitrogen and oxygen atoms in total. The zero-order valence-corrected chi connectivity index (χ0v) is 15.6. The molecule has 1 fully saturated rings. The van der Waals surface area contributed by atoms with E-state index in [-0.39, 0.29) is 5.91 Å². The smallest absolute Gasteiger partial charge is 0.254 e. The first kappa shape index (κ1) is 17.8. The third kappa shape index (κ3) is 4.55. The minimum Gasteiger partial charge on any atom is -0.497 e. The van der Waals surface area contributed by atoms with Crippen LogP contribution in [0.25, 0.3) is 0 Å². The van der Waals surface area contributed by atoms with E-state index in [2.05, 4.69) is 35.4 Å². The highest BCUT2D eigenvalue weighted by Crippen LogP contribution is 2.18. The Morgan fingerprint density at radius 2 is 1.80 bits per heavy atom. The summed E-state index contributed by atoms with van der Waals surface area (Å²) in [4.78, 5) is 18.3. The second-order valence-electron chi connectivity index (χ2n) is 6.15. The lowest BCUT2D eigenvalue weighted by Gasteiger charge is -2.34. The van der Waals surface area contributed by atoms with Crippen LogP contribution in [0, 0.1) is 0 Å². The Bertz CT molecular complexity index is 710. The largest absolute Gasteiger partial charge is 0.497 e. The van der Waals surface area contributed by atoms with Crippen LogP contribution in [0.5, 0.6) is 5.75 Å². The van der Waals surface area contributed by atoms with Crippen molar-refractivity contribution in [2.24, 2.45) is 0 Å². The fraction of sp³-hybridized carbons (Fsp3) is 0.350. The Labute approximate surface area is 153 Å². The maximum atomic E-state index is 12.7. The SMILES string of the molecule is COc1cccc(C(=O)N2CCN(Cc3ccc(SC)cc3)CC2)c1. The van der Waals surface area contributed by atoms with Gasteiger partial charge in [-0.25, -0.2) is 0 Å². The van der Waals surface area contributed by atoms with E-state index in [4.69, 9.17) is 4.74 Å². The van der Waals surface area contributed by atoms with Crippen LogP contribution >= 0.6 is 11.8 Å². The van der Waals surface area contributed by atoms with Gasteiger partial charge in [0, 0.05) is 43.2 Å². The molecule has 132 valence electrons. The van der Waals surface area contributed by atoms with Crippen LogP contribution in [0.15, 0.2) is 53.4 Å². The maximum Gasteiger partial charge on any atom is 0.254 e. The summed E-state index contributed by atoms with van der Waals surface area (Å²) >= 11 is 1.76. The van der Waals surface area contributed by atoms with Gasteiger partial charge in [0.25, 0.3) is 5.91 Å². The number of benzene rings is 2. The number of hydrogen-bond acceptors (Lipinski definition) is 4. The average molecular weight is 356 g/mol. The van der Waals surface area contributed by atoms with Gasteiger partial charge < -0.3 is 9.64 Å². The summed E-state index contributed by atoms with van der Waals surface area (Å²) < 4.78 is 5.21. The highest BCUT2D eigenvalue weighted by Gasteiger charge is 2.22. The van der Waals surface area contributed by atoms with Crippen molar-refractivity contribution in [3.05, 3.63) is 59.7 Å². The van der Waals surface area contributed by atoms with Gasteiger partial charge in [0.2, 0.25) is 0 Å². The van der Waals surface area contributed by atoms with Crippen molar-refractivity contribution in [2.75, 3.05) is 39.5 Å². The predicted octanol–water partition coefficient (Wildman–Crippen LogP) is 3.38. The van der Waals surface area contributed by atoms with E-state index in [1.54, 1.807) is 18.9 Å². The Balaban J connectivity index is 1.54. The lowest BCUT2D eigenvalue weighted by molar-refractivity contribution is 0.0628. The molecule has 25 heavy (non-hydrogen) atoms. The number of ether oxygens (including phenoxy) is 1. The van der Waals surface area contributed by atoms with Crippen LogP contribution in [-0.4, -0.2) is 55.3 Å². The van der Waals surface area contributed by atoms with Gasteiger partial charge in [-0.05, 0) is 42.2 Å². The lowest BCUT2D eigenvalue weighted by atomic mass is 10.1. The van der Waals surface area contributed by atoms with Gasteiger partial charge in [-0.15, -0.1) is 11.8 Å². The molecule has 2 aromatic carbocycles. The highest BCUT2D eigenvalue weighted by molar-refractivity contribution is 7.98. The van der Waals surface area contributed by atoms with Gasteiger partial charge in [0.05, 0.1) is 7.11 Å². The van der Waals surface area contributed by atoms with E-state index in [0.29, 0.717) is 5.56 Å². The number of rotatable bonds is 5. The molecule has 0 atom stereocenters. The Morgan fingerprint density at radius 3 is 2.44 bits per heavy atom. The molecule has 1 amide bonds. The number of methoxy groups -OCH3 is 1. The Morgan fingerprint density at radius 1 is 1.08 bits per heavy atom. The third-order valence-corrected chi connectivity index (χ3v) is 5.28. The van der Waals surface area contributed by atoms with E-state index in [1.165, 1.54) is 10.5 Å². The van der Waals surface area contributed by atoms with Crippen molar-refractivity contribution in [1.29, 1.82) is 0 Å². The van der Waals surface area contributed by atoms with Gasteiger partial charge in [-0.2, -0.15) is 0 Å². The minimum atomic E-state index is 0.0860. The molecular formula is C20H24N2O2S. The summed E-state index contributed by atoms with van der Waals surface area (Å²) in [6, 6.07) is 16.1. The number of piperazine rings is 1. The Kier molecular flexibility index (Phi) is 6.00. The minimum absolute atomic E-state index is 0.0860. The van der Waals surface area contributed by atoms with Crippen molar-refractivity contribution >= 4 is 17.7 Å². The zero-order chi connectivity index (χ0) is 17.6. The second kappa shape index (κ2) is 8.41. The fourth-order valence-electron chi connectivity index (χ4n) is 3.04. The van der Waals surface area contributed by atoms with E-state index >= 15 is 0 Å². The lowest BCUT2D eigenvalue weighted by Crippen LogP contribution is -2.48. The van der Waals surface area contributed by atoms with Crippen LogP contribution in [0.1, 0.15) is 15.9 Å². The molecule has 0 spiro atoms. The van der Waals surface area contributed by atoms with E-state index in [0.717, 1.165) is 38.5 Å². The number of thioether (sulfide) groups is 1. The van der Waals surface area contributed by atoms with Crippen molar-refractivity contribution in [3.8, 4) is 5.75 Å². The number of carbonyl (C=O) groups excluding carboxylic acids is 1. The molecule has 1 aliphatic heterocycles. The number of amides is 1. The molecule has 0 bridgehead atoms. The molecule has 0 radical (unpaired) electrons. The molecular weight excluding hydrogens is 332 g/mol. The van der Waals surface area contributed by atoms with Crippen LogP contribution in [-0.2, 0) is 6.54 Å². The zero-order valence-electron chi connectivity index (χ0n) is 14.8. The van der Waals surface area contributed by atoms with Crippen molar-refractivity contribution < 1.29 is 9.53 Å². The summed E-state index contributed by atoms with van der Waals surface area (Å²) in [5.41, 5.74) is 2.02. The molecule has 1 saturated heterocycles. The number of hydrogen-bond donors (Lipinski definition) is 0. The number of nitrogens with zero attached hydrogens (tertiary/aromatic N) is 2. The summed E-state index contributed by atoms with van der Waals surface area (Å²) in [7, 11) is 1.62. The predicted molar refractivity (Wildman–Crippen MR) is 102 cm³/mol. The van der Waals surface area contributed by atoms with E-state index in [9.17, 15) is 4.79 Å². The van der Waals surface area contributed by atoms with Gasteiger partial charge in [0.15, 0.2) is 0 Å². The maximum absolute atomic E-state index is 12.7. The van der Waals surface area contributed by atoms with Crippen LogP contribution in [0.4, 0.5) is 0 Å². The quantitative estimate of drug-likeness (QED) is 0.769. The van der Waals surface area contributed by atoms with Gasteiger partial charge in [-0.1, -0.05) is 18.2 Å². The molecule has 3 rings (SSSR count). The molecule has 2 aromatic rings. The molecule has 1 aliphatic rings. The monoisotopic (exact) mass is 356 g/mol. The molecule has 1 heterocycles. The third-order valence-electron chi connectivity index (χ3n) is 4.54. The standard InChI is InChI=1S/C20H24N2O2S/c1-24-18-5-3-4-17(14-18)20(23)22-12-10-21(11-13-22)15-16-6-8-19(25-2)9-7-16/h3-9,14H,10-13,15H2,1-2H3. The van der Waals surface area contributed by atoms with E-state index in [1.807, 2.05) is 29.2 Å². The normalized spacial score (nSPS) is 15.2. The summed E-state index contributed by atoms with van der Waals surface area (Å²) in [5, 5.41) is 0. The summed E-state index contributed by atoms with van der Waals surface area (Å²) in [6.45, 7) is 4.27. The molecule has 0 N–H and O–H groups in total. The molecule has 5 heteroatoms. The second-order valence-corrected chi connectivity index (χ2v) is 7.03. The van der Waals surface area contributed by atoms with Crippen LogP contribution < -0.4 is 4.74 Å². The highest BCUT2D eigenvalue weighted by atomic mass is 32.2. The van der Waals surface area contributed by atoms with Crippen molar-refractivity contribution in [3.63, 3.8) is 0 Å². The van der Waals surface area contributed by atoms with E-state index < -0.39 is 0 Å². The van der Waals surface area contributed by atoms with Gasteiger partial charge in [0.1, 0.15) is 5.75 Å². The first-order chi connectivity index (χ1) is 12.2. The Hall–Kier alpha value is -1.98. The molecule has 0 saturated carbocycles. The van der Waals surface area contributed by atoms with Crippen LogP contribution in [0.3, 0.4) is 0 Å². The first-order valence-corrected chi connectivity index (χ1v) is 9.70. The van der Waals surface area contributed by atoms with Gasteiger partial charge in [-0.3, -0.25) is 9.69 Å². The molecule has 0 aromatic heterocycles. The molecule has 0 unspecified atom stereocenters. The average Bonchev–Trinajstić information content (AvgIpc) is 2.68. The molecule has 0 aliphatic carbocycles. The van der Waals surface area contributed by atoms with Gasteiger partial charge >= 0.3 is 0 Å². The fourth-order valence-corrected chi connectivity index (χ4v) is 3.45. The van der Waals surface area contributed by atoms with Crippen molar-refractivity contribution in [2.45, 2.75) is 11.4 Å². The first-order valence-electron chi connectivity index (χ1n) is 8.48. The van der Waals surface area contributed by atoms with Crippen molar-refractivity contribution in [1.82, 2.24) is 9.80 Å². The summed E-state index contributed by atoms with van der Waals surface area (Å²) in [5.74, 6) is 0.807. The topological polar surface area (TPSA) is 32.8 Å². The van der Waals surface area contributed by atoms with Crippen LogP contribution in [0.2, 0.25) is 0 Å². The number of carbonyl (C=O) groups is 1. The summed E-state index contributed by atoms with van der Waals surface area (Å²) in [6.07, 6.45) is 2.09.